The number of anilines is 1. The van der Waals surface area contributed by atoms with Crippen LogP contribution in [-0.2, 0) is 9.59 Å². The summed E-state index contributed by atoms with van der Waals surface area (Å²) >= 11 is 0. The molecule has 0 aromatic heterocycles. The number of nitrogens with zero attached hydrogens (tertiary/aromatic N) is 1. The molecular formula is C20H31N5O4. The van der Waals surface area contributed by atoms with Gasteiger partial charge in [0.05, 0.1) is 4.92 Å². The van der Waals surface area contributed by atoms with Crippen LogP contribution < -0.4 is 22.1 Å². The normalized spacial score (nSPS) is 19.9. The zero-order valence-electron chi connectivity index (χ0n) is 16.6. The summed E-state index contributed by atoms with van der Waals surface area (Å²) in [7, 11) is 0. The largest absolute Gasteiger partial charge is 0.344 e. The first-order chi connectivity index (χ1) is 13.9. The van der Waals surface area contributed by atoms with Crippen molar-refractivity contribution in [1.29, 1.82) is 0 Å². The molecule has 6 N–H and O–H groups in total. The lowest BCUT2D eigenvalue weighted by atomic mass is 9.81. The van der Waals surface area contributed by atoms with Gasteiger partial charge in [-0.05, 0) is 76.1 Å². The van der Waals surface area contributed by atoms with E-state index in [4.69, 9.17) is 11.5 Å². The highest BCUT2D eigenvalue weighted by molar-refractivity contribution is 5.97. The van der Waals surface area contributed by atoms with Gasteiger partial charge in [0.25, 0.3) is 5.69 Å². The van der Waals surface area contributed by atoms with Gasteiger partial charge >= 0.3 is 0 Å². The number of hydrogen-bond donors (Lipinski definition) is 4. The molecular weight excluding hydrogens is 374 g/mol. The fraction of sp³-hybridized carbons (Fsp3) is 0.600. The molecule has 1 atom stereocenters. The van der Waals surface area contributed by atoms with Crippen molar-refractivity contribution < 1.29 is 14.5 Å². The van der Waals surface area contributed by atoms with E-state index in [1.807, 2.05) is 0 Å². The van der Waals surface area contributed by atoms with Gasteiger partial charge in [-0.2, -0.15) is 0 Å². The summed E-state index contributed by atoms with van der Waals surface area (Å²) in [4.78, 5) is 35.7. The number of nitro benzene ring substituents is 1. The van der Waals surface area contributed by atoms with E-state index in [1.54, 1.807) is 0 Å². The summed E-state index contributed by atoms with van der Waals surface area (Å²) in [5, 5.41) is 16.4. The quantitative estimate of drug-likeness (QED) is 0.265. The van der Waals surface area contributed by atoms with Crippen molar-refractivity contribution in [2.75, 3.05) is 18.4 Å². The van der Waals surface area contributed by atoms with Gasteiger partial charge < -0.3 is 22.1 Å². The van der Waals surface area contributed by atoms with Crippen LogP contribution in [0.4, 0.5) is 11.4 Å². The lowest BCUT2D eigenvalue weighted by Crippen LogP contribution is -2.46. The van der Waals surface area contributed by atoms with Crippen molar-refractivity contribution in [1.82, 2.24) is 5.32 Å². The van der Waals surface area contributed by atoms with E-state index in [2.05, 4.69) is 10.6 Å². The maximum atomic E-state index is 12.7. The zero-order chi connectivity index (χ0) is 21.2. The van der Waals surface area contributed by atoms with Gasteiger partial charge in [0.2, 0.25) is 11.8 Å². The molecule has 9 heteroatoms. The van der Waals surface area contributed by atoms with Crippen molar-refractivity contribution in [3.63, 3.8) is 0 Å². The van der Waals surface area contributed by atoms with Gasteiger partial charge in [0.1, 0.15) is 6.04 Å². The average Bonchev–Trinajstić information content (AvgIpc) is 2.73. The second kappa shape index (κ2) is 11.5. The van der Waals surface area contributed by atoms with Crippen molar-refractivity contribution in [3.8, 4) is 0 Å². The Bertz CT molecular complexity index is 687. The smallest absolute Gasteiger partial charge is 0.269 e. The molecule has 9 nitrogen and oxygen atoms in total. The Hall–Kier alpha value is -2.52. The number of carbonyl (C=O) groups is 2. The summed E-state index contributed by atoms with van der Waals surface area (Å²) in [5.41, 5.74) is 11.7. The topological polar surface area (TPSA) is 153 Å². The third-order valence-corrected chi connectivity index (χ3v) is 5.48. The highest BCUT2D eigenvalue weighted by atomic mass is 16.6. The van der Waals surface area contributed by atoms with Crippen LogP contribution in [0.3, 0.4) is 0 Å². The fourth-order valence-electron chi connectivity index (χ4n) is 3.61. The molecule has 1 aliphatic rings. The molecule has 0 spiro atoms. The first-order valence-corrected chi connectivity index (χ1v) is 10.2. The lowest BCUT2D eigenvalue weighted by molar-refractivity contribution is -0.384. The minimum Gasteiger partial charge on any atom is -0.344 e. The number of unbranched alkanes of at least 4 members (excludes halogenated alkanes) is 1. The van der Waals surface area contributed by atoms with E-state index in [1.165, 1.54) is 24.3 Å². The number of hydrogen-bond acceptors (Lipinski definition) is 6. The van der Waals surface area contributed by atoms with Gasteiger partial charge in [-0.25, -0.2) is 0 Å². The molecule has 160 valence electrons. The number of nitro groups is 1. The lowest BCUT2D eigenvalue weighted by Gasteiger charge is -2.28. The molecule has 1 saturated carbocycles. The molecule has 0 radical (unpaired) electrons. The van der Waals surface area contributed by atoms with Crippen LogP contribution in [0.2, 0.25) is 0 Å². The number of nitrogens with two attached hydrogens (primary N) is 2. The third kappa shape index (κ3) is 7.10. The first kappa shape index (κ1) is 22.8. The second-order valence-electron chi connectivity index (χ2n) is 7.59. The number of amides is 2. The van der Waals surface area contributed by atoms with Crippen LogP contribution in [-0.4, -0.2) is 35.9 Å². The molecule has 0 aliphatic heterocycles. The Morgan fingerprint density at radius 3 is 2.31 bits per heavy atom. The predicted molar refractivity (Wildman–Crippen MR) is 111 cm³/mol. The van der Waals surface area contributed by atoms with Gasteiger partial charge in [-0.1, -0.05) is 0 Å². The highest BCUT2D eigenvalue weighted by Crippen LogP contribution is 2.28. The zero-order valence-corrected chi connectivity index (χ0v) is 16.6. The summed E-state index contributed by atoms with van der Waals surface area (Å²) in [6.07, 6.45) is 5.40. The molecule has 0 bridgehead atoms. The summed E-state index contributed by atoms with van der Waals surface area (Å²) < 4.78 is 0. The van der Waals surface area contributed by atoms with Gasteiger partial charge in [-0.15, -0.1) is 0 Å². The molecule has 1 aromatic rings. The molecule has 0 unspecified atom stereocenters. The van der Waals surface area contributed by atoms with Crippen molar-refractivity contribution in [2.24, 2.45) is 23.3 Å². The van der Waals surface area contributed by atoms with Gasteiger partial charge in [0.15, 0.2) is 0 Å². The van der Waals surface area contributed by atoms with E-state index in [0.29, 0.717) is 31.1 Å². The van der Waals surface area contributed by atoms with E-state index in [0.717, 1.165) is 38.5 Å². The Morgan fingerprint density at radius 1 is 1.10 bits per heavy atom. The molecule has 1 aromatic carbocycles. The second-order valence-corrected chi connectivity index (χ2v) is 7.59. The molecule has 2 rings (SSSR count). The number of rotatable bonds is 10. The average molecular weight is 405 g/mol. The summed E-state index contributed by atoms with van der Waals surface area (Å²) in [6, 6.07) is 4.93. The summed E-state index contributed by atoms with van der Waals surface area (Å²) in [5.74, 6) is -0.0521. The van der Waals surface area contributed by atoms with Crippen LogP contribution in [0.15, 0.2) is 24.3 Å². The molecule has 1 fully saturated rings. The van der Waals surface area contributed by atoms with Crippen LogP contribution in [0, 0.1) is 22.0 Å². The first-order valence-electron chi connectivity index (χ1n) is 10.2. The Kier molecular flexibility index (Phi) is 9.01. The SMILES string of the molecule is NCCCC[C@H](NC(=O)C1CCC(CN)CC1)C(=O)Nc1ccc([N+](=O)[O-])cc1. The Morgan fingerprint density at radius 2 is 1.76 bits per heavy atom. The number of benzene rings is 1. The van der Waals surface area contributed by atoms with Crippen LogP contribution in [0.1, 0.15) is 44.9 Å². The standard InChI is InChI=1S/C20H31N5O4/c21-12-2-1-3-18(24-19(26)15-6-4-14(13-22)5-7-15)20(27)23-16-8-10-17(11-9-16)25(28)29/h8-11,14-15,18H,1-7,12-13,21-22H2,(H,23,27)(H,24,26)/t14?,15?,18-/m0/s1. The number of carbonyl (C=O) groups excluding carboxylic acids is 2. The monoisotopic (exact) mass is 405 g/mol. The molecule has 29 heavy (non-hydrogen) atoms. The minimum atomic E-state index is -0.670. The van der Waals surface area contributed by atoms with Crippen LogP contribution in [0.5, 0.6) is 0 Å². The van der Waals surface area contributed by atoms with Crippen molar-refractivity contribution in [3.05, 3.63) is 34.4 Å². The van der Waals surface area contributed by atoms with E-state index < -0.39 is 11.0 Å². The predicted octanol–water partition coefficient (Wildman–Crippen LogP) is 1.91. The summed E-state index contributed by atoms with van der Waals surface area (Å²) in [6.45, 7) is 1.17. The highest BCUT2D eigenvalue weighted by Gasteiger charge is 2.29. The number of nitrogens with one attached hydrogen (secondary N) is 2. The maximum absolute atomic E-state index is 12.7. The minimum absolute atomic E-state index is 0.0520. The Labute approximate surface area is 170 Å². The van der Waals surface area contributed by atoms with Gasteiger partial charge in [-0.3, -0.25) is 19.7 Å². The third-order valence-electron chi connectivity index (χ3n) is 5.48. The fourth-order valence-corrected chi connectivity index (χ4v) is 3.61. The van der Waals surface area contributed by atoms with E-state index >= 15 is 0 Å². The maximum Gasteiger partial charge on any atom is 0.269 e. The molecule has 1 aliphatic carbocycles. The van der Waals surface area contributed by atoms with Crippen molar-refractivity contribution in [2.45, 2.75) is 51.0 Å². The Balaban J connectivity index is 1.97. The van der Waals surface area contributed by atoms with Crippen LogP contribution in [0.25, 0.3) is 0 Å². The molecule has 0 saturated heterocycles. The van der Waals surface area contributed by atoms with Crippen molar-refractivity contribution >= 4 is 23.2 Å². The van der Waals surface area contributed by atoms with E-state index in [9.17, 15) is 19.7 Å². The van der Waals surface area contributed by atoms with Crippen LogP contribution >= 0.6 is 0 Å². The van der Waals surface area contributed by atoms with E-state index in [-0.39, 0.29) is 23.4 Å². The molecule has 2 amide bonds. The molecule has 0 heterocycles. The van der Waals surface area contributed by atoms with Gasteiger partial charge in [0, 0.05) is 23.7 Å². The number of non-ortho nitro benzene ring substituents is 1.